The molecule has 0 bridgehead atoms. The molecule has 0 saturated heterocycles. The fourth-order valence-electron chi connectivity index (χ4n) is 4.71. The minimum atomic E-state index is -0.657. The molecule has 1 fully saturated rings. The molecular formula is C28H38F2N2O. The summed E-state index contributed by atoms with van der Waals surface area (Å²) in [7, 11) is 0. The molecule has 1 aromatic rings. The molecule has 1 aliphatic heterocycles. The van der Waals surface area contributed by atoms with Gasteiger partial charge in [-0.15, -0.1) is 0 Å². The van der Waals surface area contributed by atoms with Crippen molar-refractivity contribution < 1.29 is 13.5 Å². The normalized spacial score (nSPS) is 25.4. The summed E-state index contributed by atoms with van der Waals surface area (Å²) in [5, 5.41) is 3.81. The Morgan fingerprint density at radius 1 is 1.27 bits per heavy atom. The van der Waals surface area contributed by atoms with E-state index in [1.807, 2.05) is 6.08 Å². The molecule has 5 heteroatoms. The molecule has 1 heterocycles. The van der Waals surface area contributed by atoms with Gasteiger partial charge in [-0.05, 0) is 62.7 Å². The van der Waals surface area contributed by atoms with Crippen LogP contribution < -0.4 is 10.1 Å². The second-order valence-electron chi connectivity index (χ2n) is 9.72. The summed E-state index contributed by atoms with van der Waals surface area (Å²) in [5.41, 5.74) is 4.16. The number of hydrogen-bond donors (Lipinski definition) is 1. The first kappa shape index (κ1) is 25.1. The number of rotatable bonds is 7. The SMILES string of the molecule is C=CC1=C(C)N(C(=C)C(C)C)/C(=C\C(C)CC)C2(CCC(Oc3ccc(F)cc3F)CC2)N1. The fraction of sp³-hybridized carbons (Fsp3) is 0.500. The molecule has 2 aliphatic rings. The van der Waals surface area contributed by atoms with Crippen LogP contribution in [0.15, 0.2) is 66.3 Å². The van der Waals surface area contributed by atoms with Crippen molar-refractivity contribution >= 4 is 0 Å². The van der Waals surface area contributed by atoms with Gasteiger partial charge in [0.2, 0.25) is 0 Å². The van der Waals surface area contributed by atoms with Crippen LogP contribution in [0.2, 0.25) is 0 Å². The van der Waals surface area contributed by atoms with E-state index in [1.54, 1.807) is 0 Å². The second kappa shape index (κ2) is 10.1. The lowest BCUT2D eigenvalue weighted by atomic mass is 9.74. The van der Waals surface area contributed by atoms with E-state index in [-0.39, 0.29) is 17.4 Å². The Kier molecular flexibility index (Phi) is 7.71. The number of halogens is 2. The minimum absolute atomic E-state index is 0.113. The van der Waals surface area contributed by atoms with E-state index in [9.17, 15) is 8.78 Å². The molecule has 1 aliphatic carbocycles. The zero-order chi connectivity index (χ0) is 24.3. The van der Waals surface area contributed by atoms with Gasteiger partial charge in [0.25, 0.3) is 0 Å². The number of ether oxygens (including phenoxy) is 1. The third-order valence-corrected chi connectivity index (χ3v) is 7.05. The highest BCUT2D eigenvalue weighted by Gasteiger charge is 2.45. The van der Waals surface area contributed by atoms with Crippen LogP contribution in [-0.2, 0) is 0 Å². The number of allylic oxidation sites excluding steroid dienone is 4. The molecule has 1 aromatic carbocycles. The molecule has 180 valence electrons. The van der Waals surface area contributed by atoms with Gasteiger partial charge in [-0.25, -0.2) is 8.78 Å². The molecule has 0 amide bonds. The van der Waals surface area contributed by atoms with Crippen molar-refractivity contribution in [2.45, 2.75) is 78.4 Å². The fourth-order valence-corrected chi connectivity index (χ4v) is 4.71. The predicted molar refractivity (Wildman–Crippen MR) is 131 cm³/mol. The van der Waals surface area contributed by atoms with Gasteiger partial charge in [-0.2, -0.15) is 0 Å². The minimum Gasteiger partial charge on any atom is -0.487 e. The largest absolute Gasteiger partial charge is 0.487 e. The standard InChI is InChI=1S/C28H38F2N2O/c1-8-19(5)16-27-28(31-25(9-2)21(7)32(27)20(6)18(3)4)14-12-23(13-15-28)33-26-11-10-22(29)17-24(26)30/h9-11,16-19,23,31H,2,6,8,12-15H2,1,3-5,7H3/b27-16-. The molecule has 3 nitrogen and oxygen atoms in total. The average molecular weight is 457 g/mol. The van der Waals surface area contributed by atoms with Crippen molar-refractivity contribution in [2.24, 2.45) is 11.8 Å². The van der Waals surface area contributed by atoms with Gasteiger partial charge in [0.1, 0.15) is 5.82 Å². The summed E-state index contributed by atoms with van der Waals surface area (Å²) in [5.74, 6) is -0.431. The monoisotopic (exact) mass is 456 g/mol. The molecule has 3 rings (SSSR count). The topological polar surface area (TPSA) is 24.5 Å². The summed E-state index contributed by atoms with van der Waals surface area (Å²) in [4.78, 5) is 2.32. The van der Waals surface area contributed by atoms with Crippen LogP contribution in [0.5, 0.6) is 5.75 Å². The zero-order valence-corrected chi connectivity index (χ0v) is 20.7. The quantitative estimate of drug-likeness (QED) is 0.461. The van der Waals surface area contributed by atoms with Crippen LogP contribution >= 0.6 is 0 Å². The van der Waals surface area contributed by atoms with Crippen molar-refractivity contribution in [3.05, 3.63) is 77.9 Å². The first-order valence-corrected chi connectivity index (χ1v) is 12.1. The predicted octanol–water partition coefficient (Wildman–Crippen LogP) is 7.45. The smallest absolute Gasteiger partial charge is 0.167 e. The molecule has 1 atom stereocenters. The summed E-state index contributed by atoms with van der Waals surface area (Å²) in [6, 6.07) is 3.48. The Bertz CT molecular complexity index is 955. The van der Waals surface area contributed by atoms with Crippen LogP contribution in [0.3, 0.4) is 0 Å². The highest BCUT2D eigenvalue weighted by molar-refractivity contribution is 5.41. The van der Waals surface area contributed by atoms with Crippen molar-refractivity contribution in [1.29, 1.82) is 0 Å². The lowest BCUT2D eigenvalue weighted by molar-refractivity contribution is 0.102. The van der Waals surface area contributed by atoms with Gasteiger partial charge in [0, 0.05) is 23.2 Å². The summed E-state index contributed by atoms with van der Waals surface area (Å²) in [6.07, 6.45) is 8.36. The maximum absolute atomic E-state index is 14.1. The van der Waals surface area contributed by atoms with E-state index >= 15 is 0 Å². The number of nitrogens with zero attached hydrogens (tertiary/aromatic N) is 1. The van der Waals surface area contributed by atoms with Gasteiger partial charge in [0.05, 0.1) is 17.3 Å². The molecule has 1 saturated carbocycles. The summed E-state index contributed by atoms with van der Waals surface area (Å²) in [6.45, 7) is 19.4. The first-order chi connectivity index (χ1) is 15.6. The summed E-state index contributed by atoms with van der Waals surface area (Å²) < 4.78 is 33.3. The van der Waals surface area contributed by atoms with Crippen LogP contribution in [0.4, 0.5) is 8.78 Å². The maximum atomic E-state index is 14.1. The summed E-state index contributed by atoms with van der Waals surface area (Å²) >= 11 is 0. The molecule has 33 heavy (non-hydrogen) atoms. The molecule has 1 unspecified atom stereocenters. The van der Waals surface area contributed by atoms with Gasteiger partial charge < -0.3 is 15.0 Å². The molecular weight excluding hydrogens is 418 g/mol. The Hall–Kier alpha value is -2.56. The van der Waals surface area contributed by atoms with Gasteiger partial charge in [-0.3, -0.25) is 0 Å². The van der Waals surface area contributed by atoms with Crippen LogP contribution in [-0.4, -0.2) is 16.5 Å². The van der Waals surface area contributed by atoms with Crippen LogP contribution in [0.25, 0.3) is 0 Å². The third-order valence-electron chi connectivity index (χ3n) is 7.05. The molecule has 0 aromatic heterocycles. The third kappa shape index (κ3) is 5.18. The highest BCUT2D eigenvalue weighted by Crippen LogP contribution is 2.45. The van der Waals surface area contributed by atoms with E-state index in [0.717, 1.165) is 55.3 Å². The van der Waals surface area contributed by atoms with Crippen LogP contribution in [0.1, 0.15) is 66.7 Å². The van der Waals surface area contributed by atoms with Gasteiger partial charge in [-0.1, -0.05) is 53.3 Å². The van der Waals surface area contributed by atoms with E-state index in [4.69, 9.17) is 4.74 Å². The van der Waals surface area contributed by atoms with Crippen molar-refractivity contribution in [3.8, 4) is 5.75 Å². The number of benzene rings is 1. The number of nitrogens with one attached hydrogen (secondary N) is 1. The van der Waals surface area contributed by atoms with E-state index < -0.39 is 11.6 Å². The molecule has 1 spiro atoms. The Morgan fingerprint density at radius 2 is 1.94 bits per heavy atom. The van der Waals surface area contributed by atoms with E-state index in [0.29, 0.717) is 11.8 Å². The average Bonchev–Trinajstić information content (AvgIpc) is 2.79. The Morgan fingerprint density at radius 3 is 2.48 bits per heavy atom. The van der Waals surface area contributed by atoms with E-state index in [1.165, 1.54) is 17.8 Å². The molecule has 0 radical (unpaired) electrons. The van der Waals surface area contributed by atoms with E-state index in [2.05, 4.69) is 64.1 Å². The van der Waals surface area contributed by atoms with Crippen LogP contribution in [0, 0.1) is 23.5 Å². The Labute approximate surface area is 197 Å². The van der Waals surface area contributed by atoms with Gasteiger partial charge >= 0.3 is 0 Å². The Balaban J connectivity index is 1.93. The highest BCUT2D eigenvalue weighted by atomic mass is 19.1. The first-order valence-electron chi connectivity index (χ1n) is 12.1. The number of hydrogen-bond acceptors (Lipinski definition) is 3. The second-order valence-corrected chi connectivity index (χ2v) is 9.72. The van der Waals surface area contributed by atoms with Crippen molar-refractivity contribution in [1.82, 2.24) is 10.2 Å². The molecule has 1 N–H and O–H groups in total. The maximum Gasteiger partial charge on any atom is 0.167 e. The lowest BCUT2D eigenvalue weighted by Crippen LogP contribution is -2.57. The van der Waals surface area contributed by atoms with Gasteiger partial charge in [0.15, 0.2) is 11.6 Å². The van der Waals surface area contributed by atoms with Crippen molar-refractivity contribution in [3.63, 3.8) is 0 Å². The zero-order valence-electron chi connectivity index (χ0n) is 20.7. The van der Waals surface area contributed by atoms with Crippen molar-refractivity contribution in [2.75, 3.05) is 0 Å². The lowest BCUT2D eigenvalue weighted by Gasteiger charge is -2.52.